The summed E-state index contributed by atoms with van der Waals surface area (Å²) in [7, 11) is 0. The number of benzene rings is 2. The highest BCUT2D eigenvalue weighted by Gasteiger charge is 2.38. The molecule has 9 heteroatoms. The van der Waals surface area contributed by atoms with Gasteiger partial charge in [0, 0.05) is 37.1 Å². The fourth-order valence-corrected chi connectivity index (χ4v) is 4.65. The lowest BCUT2D eigenvalue weighted by atomic mass is 9.94. The van der Waals surface area contributed by atoms with Crippen molar-refractivity contribution in [3.63, 3.8) is 0 Å². The molecule has 0 spiro atoms. The van der Waals surface area contributed by atoms with Crippen LogP contribution in [0.3, 0.4) is 0 Å². The molecule has 208 valence electrons. The Labute approximate surface area is 229 Å². The van der Waals surface area contributed by atoms with Gasteiger partial charge in [0.1, 0.15) is 6.04 Å². The smallest absolute Gasteiger partial charge is 0.329 e. The summed E-state index contributed by atoms with van der Waals surface area (Å²) in [4.78, 5) is 65.0. The highest BCUT2D eigenvalue weighted by atomic mass is 16.5. The average molecular weight is 536 g/mol. The number of Topliss-reactive ketones (excluding diaryl/α,β-unsaturated/α-hetero) is 1. The Morgan fingerprint density at radius 1 is 0.974 bits per heavy atom. The molecule has 3 atom stereocenters. The Hall–Kier alpha value is -4.01. The van der Waals surface area contributed by atoms with Crippen LogP contribution in [0.15, 0.2) is 54.6 Å². The first-order chi connectivity index (χ1) is 18.5. The zero-order valence-electron chi connectivity index (χ0n) is 22.9. The van der Waals surface area contributed by atoms with Crippen molar-refractivity contribution in [2.45, 2.75) is 71.6 Å². The van der Waals surface area contributed by atoms with Crippen LogP contribution in [0.1, 0.15) is 62.9 Å². The first kappa shape index (κ1) is 29.5. The lowest BCUT2D eigenvalue weighted by Crippen LogP contribution is -2.46. The summed E-state index contributed by atoms with van der Waals surface area (Å²) >= 11 is 0. The number of anilines is 1. The van der Waals surface area contributed by atoms with Gasteiger partial charge in [-0.3, -0.25) is 19.2 Å². The largest absolute Gasteiger partial charge is 0.461 e. The Morgan fingerprint density at radius 3 is 2.26 bits per heavy atom. The van der Waals surface area contributed by atoms with Crippen molar-refractivity contribution >= 4 is 35.2 Å². The molecule has 3 rings (SSSR count). The lowest BCUT2D eigenvalue weighted by molar-refractivity contribution is -0.157. The van der Waals surface area contributed by atoms with Gasteiger partial charge < -0.3 is 20.3 Å². The molecule has 0 bridgehead atoms. The molecule has 0 radical (unpaired) electrons. The number of ether oxygens (including phenoxy) is 1. The monoisotopic (exact) mass is 535 g/mol. The number of likely N-dealkylation sites (tertiary alicyclic amines) is 1. The number of nitrogens with one attached hydrogen (secondary N) is 2. The van der Waals surface area contributed by atoms with Gasteiger partial charge in [-0.2, -0.15) is 0 Å². The van der Waals surface area contributed by atoms with Crippen LogP contribution in [0.4, 0.5) is 5.69 Å². The SMILES string of the molecule is CC(=O)Nc1ccc(C(=O)N[C@H](Cc2ccccc2)C(=O)C[C@H](C)C(=O)N2CCC[C@H]2C(=O)OC(C)C)cc1. The van der Waals surface area contributed by atoms with E-state index in [9.17, 15) is 24.0 Å². The molecule has 0 saturated carbocycles. The highest BCUT2D eigenvalue weighted by molar-refractivity contribution is 5.99. The van der Waals surface area contributed by atoms with Crippen LogP contribution in [-0.2, 0) is 30.3 Å². The van der Waals surface area contributed by atoms with Crippen LogP contribution < -0.4 is 10.6 Å². The van der Waals surface area contributed by atoms with E-state index in [0.717, 1.165) is 5.56 Å². The topological polar surface area (TPSA) is 122 Å². The molecule has 0 unspecified atom stereocenters. The van der Waals surface area contributed by atoms with E-state index in [-0.39, 0.29) is 36.5 Å². The minimum Gasteiger partial charge on any atom is -0.461 e. The van der Waals surface area contributed by atoms with Gasteiger partial charge in [0.05, 0.1) is 12.1 Å². The summed E-state index contributed by atoms with van der Waals surface area (Å²) in [6.45, 7) is 7.03. The average Bonchev–Trinajstić information content (AvgIpc) is 3.38. The normalized spacial score (nSPS) is 16.3. The van der Waals surface area contributed by atoms with Crippen molar-refractivity contribution in [1.29, 1.82) is 0 Å². The summed E-state index contributed by atoms with van der Waals surface area (Å²) in [5, 5.41) is 5.48. The molecule has 1 heterocycles. The van der Waals surface area contributed by atoms with Crippen LogP contribution in [-0.4, -0.2) is 59.1 Å². The second-order valence-corrected chi connectivity index (χ2v) is 10.2. The summed E-state index contributed by atoms with van der Waals surface area (Å²) in [6, 6.07) is 14.2. The van der Waals surface area contributed by atoms with Crippen molar-refractivity contribution in [3.8, 4) is 0 Å². The predicted molar refractivity (Wildman–Crippen MR) is 147 cm³/mol. The molecule has 1 aliphatic heterocycles. The summed E-state index contributed by atoms with van der Waals surface area (Å²) in [6.07, 6.45) is 1.13. The maximum Gasteiger partial charge on any atom is 0.329 e. The van der Waals surface area contributed by atoms with Crippen molar-refractivity contribution in [2.75, 3.05) is 11.9 Å². The maximum atomic E-state index is 13.5. The Bertz CT molecular complexity index is 1180. The zero-order chi connectivity index (χ0) is 28.5. The zero-order valence-corrected chi connectivity index (χ0v) is 22.9. The first-order valence-corrected chi connectivity index (χ1v) is 13.3. The van der Waals surface area contributed by atoms with Crippen LogP contribution in [0.5, 0.6) is 0 Å². The third-order valence-corrected chi connectivity index (χ3v) is 6.53. The lowest BCUT2D eigenvalue weighted by Gasteiger charge is -2.27. The van der Waals surface area contributed by atoms with Crippen LogP contribution in [0.25, 0.3) is 0 Å². The molecule has 2 N–H and O–H groups in total. The fraction of sp³-hybridized carbons (Fsp3) is 0.433. The number of hydrogen-bond donors (Lipinski definition) is 2. The summed E-state index contributed by atoms with van der Waals surface area (Å²) < 4.78 is 5.32. The van der Waals surface area contributed by atoms with Gasteiger partial charge in [-0.15, -0.1) is 0 Å². The van der Waals surface area contributed by atoms with Gasteiger partial charge in [-0.05, 0) is 62.9 Å². The van der Waals surface area contributed by atoms with E-state index in [0.29, 0.717) is 30.6 Å². The molecule has 2 aromatic rings. The molecular formula is C30H37N3O6. The van der Waals surface area contributed by atoms with Gasteiger partial charge in [-0.25, -0.2) is 4.79 Å². The van der Waals surface area contributed by atoms with E-state index in [4.69, 9.17) is 4.74 Å². The number of esters is 1. The van der Waals surface area contributed by atoms with Crippen LogP contribution in [0.2, 0.25) is 0 Å². The Balaban J connectivity index is 1.71. The molecular weight excluding hydrogens is 498 g/mol. The van der Waals surface area contributed by atoms with Crippen LogP contribution in [0, 0.1) is 5.92 Å². The number of ketones is 1. The van der Waals surface area contributed by atoms with E-state index in [1.165, 1.54) is 11.8 Å². The molecule has 2 aromatic carbocycles. The number of amides is 3. The van der Waals surface area contributed by atoms with Crippen molar-refractivity contribution in [1.82, 2.24) is 10.2 Å². The second kappa shape index (κ2) is 13.7. The van der Waals surface area contributed by atoms with Crippen molar-refractivity contribution < 1.29 is 28.7 Å². The van der Waals surface area contributed by atoms with Crippen molar-refractivity contribution in [3.05, 3.63) is 65.7 Å². The van der Waals surface area contributed by atoms with E-state index in [2.05, 4.69) is 10.6 Å². The quantitative estimate of drug-likeness (QED) is 0.425. The van der Waals surface area contributed by atoms with E-state index >= 15 is 0 Å². The molecule has 1 saturated heterocycles. The summed E-state index contributed by atoms with van der Waals surface area (Å²) in [5.74, 6) is -2.30. The van der Waals surface area contributed by atoms with E-state index < -0.39 is 29.9 Å². The first-order valence-electron chi connectivity index (χ1n) is 13.3. The van der Waals surface area contributed by atoms with Gasteiger partial charge in [-0.1, -0.05) is 37.3 Å². The number of rotatable bonds is 11. The van der Waals surface area contributed by atoms with E-state index in [1.54, 1.807) is 45.0 Å². The molecule has 3 amide bonds. The maximum absolute atomic E-state index is 13.5. The minimum atomic E-state index is -0.856. The molecule has 0 aromatic heterocycles. The van der Waals surface area contributed by atoms with Gasteiger partial charge in [0.25, 0.3) is 5.91 Å². The molecule has 0 aliphatic carbocycles. The summed E-state index contributed by atoms with van der Waals surface area (Å²) in [5.41, 5.74) is 1.76. The molecule has 9 nitrogen and oxygen atoms in total. The second-order valence-electron chi connectivity index (χ2n) is 10.2. The number of carbonyl (C=O) groups is 5. The fourth-order valence-electron chi connectivity index (χ4n) is 4.65. The standard InChI is InChI=1S/C30H37N3O6/c1-19(2)39-30(38)26-11-8-16-33(26)29(37)20(3)17-27(35)25(18-22-9-6-5-7-10-22)32-28(36)23-12-14-24(15-13-23)31-21(4)34/h5-7,9-10,12-15,19-20,25-26H,8,11,16-18H2,1-4H3,(H,31,34)(H,32,36)/t20-,25+,26-/m0/s1. The van der Waals surface area contributed by atoms with Gasteiger partial charge in [0.2, 0.25) is 11.8 Å². The predicted octanol–water partition coefficient (Wildman–Crippen LogP) is 3.52. The molecule has 1 aliphatic rings. The van der Waals surface area contributed by atoms with E-state index in [1.807, 2.05) is 30.3 Å². The number of hydrogen-bond acceptors (Lipinski definition) is 6. The molecule has 1 fully saturated rings. The highest BCUT2D eigenvalue weighted by Crippen LogP contribution is 2.23. The van der Waals surface area contributed by atoms with Gasteiger partial charge >= 0.3 is 5.97 Å². The Kier molecular flexibility index (Phi) is 10.4. The van der Waals surface area contributed by atoms with Crippen LogP contribution >= 0.6 is 0 Å². The Morgan fingerprint density at radius 2 is 1.64 bits per heavy atom. The minimum absolute atomic E-state index is 0.0828. The van der Waals surface area contributed by atoms with Gasteiger partial charge in [0.15, 0.2) is 5.78 Å². The third kappa shape index (κ3) is 8.49. The van der Waals surface area contributed by atoms with Crippen molar-refractivity contribution in [2.24, 2.45) is 5.92 Å². The third-order valence-electron chi connectivity index (χ3n) is 6.53. The number of carbonyl (C=O) groups excluding carboxylic acids is 5. The molecule has 39 heavy (non-hydrogen) atoms. The number of nitrogens with zero attached hydrogens (tertiary/aromatic N) is 1.